The number of aliphatic hydroxyl groups is 3. The highest BCUT2D eigenvalue weighted by Gasteiger charge is 2.47. The van der Waals surface area contributed by atoms with Crippen LogP contribution in [0.2, 0.25) is 0 Å². The number of aliphatic hydroxyl groups excluding tert-OH is 2. The fourth-order valence-electron chi connectivity index (χ4n) is 7.25. The van der Waals surface area contributed by atoms with Gasteiger partial charge < -0.3 is 39.9 Å². The second-order valence-corrected chi connectivity index (χ2v) is 13.3. The van der Waals surface area contributed by atoms with Crippen molar-refractivity contribution < 1.29 is 29.6 Å². The molecular formula is C29H55N3O6. The SMILES string of the molecule is C[C@H]1CN(C)C[C@@H]2CCCC[C@@H]2NC(=O)[C@H](C)[C@@H](O)[C@H](C)[C@@H](O[C@@H]2O[C@H](C)C[C@H](N(C)C)[C@H]2O)[C@](C)(O)C1. The molecule has 12 atom stereocenters. The first-order valence-electron chi connectivity index (χ1n) is 14.8. The van der Waals surface area contributed by atoms with Crippen molar-refractivity contribution in [3.05, 3.63) is 0 Å². The maximum absolute atomic E-state index is 13.3. The lowest BCUT2D eigenvalue weighted by Gasteiger charge is -2.47. The van der Waals surface area contributed by atoms with E-state index in [0.717, 1.165) is 32.4 Å². The van der Waals surface area contributed by atoms with Crippen LogP contribution in [0, 0.1) is 23.7 Å². The predicted molar refractivity (Wildman–Crippen MR) is 147 cm³/mol. The van der Waals surface area contributed by atoms with E-state index in [4.69, 9.17) is 9.47 Å². The lowest BCUT2D eigenvalue weighted by molar-refractivity contribution is -0.299. The van der Waals surface area contributed by atoms with Crippen molar-refractivity contribution in [2.75, 3.05) is 34.2 Å². The molecule has 38 heavy (non-hydrogen) atoms. The zero-order valence-electron chi connectivity index (χ0n) is 25.0. The van der Waals surface area contributed by atoms with Gasteiger partial charge in [0.05, 0.1) is 29.8 Å². The Bertz CT molecular complexity index is 767. The highest BCUT2D eigenvalue weighted by atomic mass is 16.7. The molecule has 0 radical (unpaired) electrons. The van der Waals surface area contributed by atoms with E-state index in [2.05, 4.69) is 24.2 Å². The molecule has 2 saturated heterocycles. The van der Waals surface area contributed by atoms with Gasteiger partial charge in [-0.25, -0.2) is 0 Å². The zero-order chi connectivity index (χ0) is 28.4. The van der Waals surface area contributed by atoms with E-state index in [9.17, 15) is 20.1 Å². The molecular weight excluding hydrogens is 486 g/mol. The number of carbonyl (C=O) groups is 1. The van der Waals surface area contributed by atoms with E-state index < -0.39 is 42.0 Å². The third-order valence-corrected chi connectivity index (χ3v) is 9.28. The summed E-state index contributed by atoms with van der Waals surface area (Å²) in [5.41, 5.74) is -1.33. The van der Waals surface area contributed by atoms with Crippen LogP contribution in [0.25, 0.3) is 0 Å². The molecule has 3 rings (SSSR count). The van der Waals surface area contributed by atoms with Crippen molar-refractivity contribution in [1.82, 2.24) is 15.1 Å². The van der Waals surface area contributed by atoms with E-state index in [-0.39, 0.29) is 30.0 Å². The number of rotatable bonds is 3. The summed E-state index contributed by atoms with van der Waals surface area (Å²) in [7, 11) is 5.95. The van der Waals surface area contributed by atoms with Crippen LogP contribution in [0.15, 0.2) is 0 Å². The molecule has 2 heterocycles. The monoisotopic (exact) mass is 541 g/mol. The minimum Gasteiger partial charge on any atom is -0.392 e. The Balaban J connectivity index is 1.90. The summed E-state index contributed by atoms with van der Waals surface area (Å²) in [6.45, 7) is 11.1. The van der Waals surface area contributed by atoms with Crippen LogP contribution in [-0.4, -0.2) is 114 Å². The summed E-state index contributed by atoms with van der Waals surface area (Å²) in [4.78, 5) is 17.6. The molecule has 0 aromatic carbocycles. The smallest absolute Gasteiger partial charge is 0.225 e. The Morgan fingerprint density at radius 2 is 1.74 bits per heavy atom. The third kappa shape index (κ3) is 7.68. The van der Waals surface area contributed by atoms with Crippen LogP contribution in [0.3, 0.4) is 0 Å². The van der Waals surface area contributed by atoms with E-state index in [0.29, 0.717) is 18.8 Å². The summed E-state index contributed by atoms with van der Waals surface area (Å²) in [6, 6.07) is -0.0551. The molecule has 222 valence electrons. The van der Waals surface area contributed by atoms with Gasteiger partial charge in [-0.2, -0.15) is 0 Å². The van der Waals surface area contributed by atoms with Gasteiger partial charge in [0.1, 0.15) is 6.10 Å². The molecule has 0 bridgehead atoms. The van der Waals surface area contributed by atoms with Crippen molar-refractivity contribution in [2.45, 2.75) is 122 Å². The normalized spacial score (nSPS) is 46.7. The van der Waals surface area contributed by atoms with Crippen LogP contribution < -0.4 is 5.32 Å². The van der Waals surface area contributed by atoms with E-state index in [1.54, 1.807) is 13.8 Å². The second-order valence-electron chi connectivity index (χ2n) is 13.3. The van der Waals surface area contributed by atoms with Gasteiger partial charge in [-0.05, 0) is 72.5 Å². The van der Waals surface area contributed by atoms with Gasteiger partial charge in [0.15, 0.2) is 6.29 Å². The summed E-state index contributed by atoms with van der Waals surface area (Å²) >= 11 is 0. The van der Waals surface area contributed by atoms with Crippen molar-refractivity contribution >= 4 is 5.91 Å². The van der Waals surface area contributed by atoms with E-state index >= 15 is 0 Å². The topological polar surface area (TPSA) is 115 Å². The summed E-state index contributed by atoms with van der Waals surface area (Å²) in [5, 5.41) is 37.7. The number of carbonyl (C=O) groups excluding carboxylic acids is 1. The Morgan fingerprint density at radius 1 is 1.08 bits per heavy atom. The highest BCUT2D eigenvalue weighted by Crippen LogP contribution is 2.36. The highest BCUT2D eigenvalue weighted by molar-refractivity contribution is 5.79. The molecule has 0 aromatic rings. The van der Waals surface area contributed by atoms with Crippen molar-refractivity contribution in [3.8, 4) is 0 Å². The summed E-state index contributed by atoms with van der Waals surface area (Å²) < 4.78 is 12.5. The maximum Gasteiger partial charge on any atom is 0.225 e. The van der Waals surface area contributed by atoms with Gasteiger partial charge in [-0.3, -0.25) is 4.79 Å². The largest absolute Gasteiger partial charge is 0.392 e. The molecule has 4 N–H and O–H groups in total. The van der Waals surface area contributed by atoms with Gasteiger partial charge in [-0.15, -0.1) is 0 Å². The van der Waals surface area contributed by atoms with Gasteiger partial charge in [0.25, 0.3) is 0 Å². The number of hydrogen-bond donors (Lipinski definition) is 4. The van der Waals surface area contributed by atoms with E-state index in [1.165, 1.54) is 6.42 Å². The lowest BCUT2D eigenvalue weighted by atomic mass is 9.77. The van der Waals surface area contributed by atoms with Crippen molar-refractivity contribution in [1.29, 1.82) is 0 Å². The summed E-state index contributed by atoms with van der Waals surface area (Å²) in [5.74, 6) is -0.899. The first-order valence-corrected chi connectivity index (χ1v) is 14.8. The first-order chi connectivity index (χ1) is 17.7. The number of likely N-dealkylation sites (N-methyl/N-ethyl adjacent to an activating group) is 1. The van der Waals surface area contributed by atoms with Crippen molar-refractivity contribution in [3.63, 3.8) is 0 Å². The van der Waals surface area contributed by atoms with E-state index in [1.807, 2.05) is 32.8 Å². The Morgan fingerprint density at radius 3 is 2.39 bits per heavy atom. The minimum atomic E-state index is -1.33. The fourth-order valence-corrected chi connectivity index (χ4v) is 7.25. The zero-order valence-corrected chi connectivity index (χ0v) is 25.0. The van der Waals surface area contributed by atoms with Crippen LogP contribution >= 0.6 is 0 Å². The van der Waals surface area contributed by atoms with Gasteiger partial charge >= 0.3 is 0 Å². The molecule has 0 spiro atoms. The van der Waals surface area contributed by atoms with Crippen LogP contribution in [0.5, 0.6) is 0 Å². The van der Waals surface area contributed by atoms with Crippen LogP contribution in [0.4, 0.5) is 0 Å². The average molecular weight is 542 g/mol. The Kier molecular flexibility index (Phi) is 11.0. The first kappa shape index (κ1) is 31.7. The number of hydrogen-bond acceptors (Lipinski definition) is 8. The number of ether oxygens (including phenoxy) is 2. The molecule has 2 aliphatic heterocycles. The number of nitrogens with one attached hydrogen (secondary N) is 1. The lowest BCUT2D eigenvalue weighted by Crippen LogP contribution is -2.59. The quantitative estimate of drug-likeness (QED) is 0.428. The molecule has 3 aliphatic rings. The molecule has 9 nitrogen and oxygen atoms in total. The molecule has 3 fully saturated rings. The minimum absolute atomic E-state index is 0.104. The number of amides is 1. The maximum atomic E-state index is 13.3. The standard InChI is InChI=1S/C29H55N3O6/c1-17-14-29(5,36)26(38-28-25(34)23(31(6)7)13-18(2)37-28)19(3)24(33)20(4)27(35)30-22-12-10-9-11-21(22)16-32(8)15-17/h17-26,28,33-34,36H,9-16H2,1-8H3,(H,30,35)/t17-,18-,19+,20-,21+,22+,23+,24+,25-,26-,28+,29-/m1/s1. The third-order valence-electron chi connectivity index (χ3n) is 9.28. The number of fused-ring (bicyclic) bond motifs is 1. The van der Waals surface area contributed by atoms with Crippen molar-refractivity contribution in [2.24, 2.45) is 23.7 Å². The van der Waals surface area contributed by atoms with Crippen LogP contribution in [-0.2, 0) is 14.3 Å². The molecule has 1 aliphatic carbocycles. The molecule has 9 heteroatoms. The molecule has 0 unspecified atom stereocenters. The molecule has 1 saturated carbocycles. The Labute approximate surface area is 230 Å². The average Bonchev–Trinajstić information content (AvgIpc) is 2.82. The number of nitrogens with zero attached hydrogens (tertiary/aromatic N) is 2. The summed E-state index contributed by atoms with van der Waals surface area (Å²) in [6.07, 6.45) is 1.51. The van der Waals surface area contributed by atoms with Gasteiger partial charge in [0.2, 0.25) is 5.91 Å². The van der Waals surface area contributed by atoms with Gasteiger partial charge in [0, 0.05) is 31.1 Å². The molecule has 1 amide bonds. The Hall–Kier alpha value is -0.810. The van der Waals surface area contributed by atoms with Gasteiger partial charge in [-0.1, -0.05) is 33.6 Å². The van der Waals surface area contributed by atoms with Crippen LogP contribution in [0.1, 0.15) is 73.1 Å². The molecule has 0 aromatic heterocycles. The fraction of sp³-hybridized carbons (Fsp3) is 0.966. The second kappa shape index (κ2) is 13.2. The predicted octanol–water partition coefficient (Wildman–Crippen LogP) is 1.83.